The first kappa shape index (κ1) is 24.6. The molecule has 0 radical (unpaired) electrons. The van der Waals surface area contributed by atoms with Gasteiger partial charge in [-0.3, -0.25) is 24.3 Å². The number of hydrogen-bond acceptors (Lipinski definition) is 6. The number of nitro groups is 1. The number of fused-ring (bicyclic) bond motifs is 1. The number of aromatic nitrogens is 2. The molecule has 4 aromatic rings. The number of carbonyl (C=O) groups excluding carboxylic acids is 1. The molecule has 9 heteroatoms. The number of hydrogen-bond donors (Lipinski definition) is 0. The Bertz CT molecular complexity index is 1480. The fourth-order valence-electron chi connectivity index (χ4n) is 4.36. The monoisotopic (exact) mass is 486 g/mol. The minimum absolute atomic E-state index is 0.0946. The molecule has 0 saturated carbocycles. The molecule has 3 aromatic carbocycles. The SMILES string of the molecule is CCC(c1nc2ccccc2c(=O)n1-c1ccccc1OC)N(CC)C(=O)c1ccc([N+](=O)[O-])cc1. The summed E-state index contributed by atoms with van der Waals surface area (Å²) in [5.41, 5.74) is 1.00. The Morgan fingerprint density at radius 2 is 1.72 bits per heavy atom. The first-order valence-corrected chi connectivity index (χ1v) is 11.6. The van der Waals surface area contributed by atoms with Crippen molar-refractivity contribution in [3.05, 3.63) is 105 Å². The summed E-state index contributed by atoms with van der Waals surface area (Å²) in [4.78, 5) is 44.4. The van der Waals surface area contributed by atoms with Gasteiger partial charge in [-0.25, -0.2) is 4.98 Å². The summed E-state index contributed by atoms with van der Waals surface area (Å²) < 4.78 is 7.06. The minimum atomic E-state index is -0.556. The maximum Gasteiger partial charge on any atom is 0.269 e. The largest absolute Gasteiger partial charge is 0.495 e. The zero-order valence-corrected chi connectivity index (χ0v) is 20.2. The molecule has 1 amide bonds. The van der Waals surface area contributed by atoms with Crippen LogP contribution in [0, 0.1) is 10.1 Å². The quantitative estimate of drug-likeness (QED) is 0.259. The van der Waals surface area contributed by atoms with Crippen LogP contribution in [0.15, 0.2) is 77.6 Å². The van der Waals surface area contributed by atoms with Gasteiger partial charge in [-0.15, -0.1) is 0 Å². The molecule has 0 fully saturated rings. The topological polar surface area (TPSA) is 108 Å². The van der Waals surface area contributed by atoms with Gasteiger partial charge in [0, 0.05) is 24.2 Å². The third kappa shape index (κ3) is 4.43. The number of para-hydroxylation sites is 3. The van der Waals surface area contributed by atoms with Crippen LogP contribution in [0.1, 0.15) is 42.5 Å². The molecule has 0 aliphatic heterocycles. The number of nitrogens with zero attached hydrogens (tertiary/aromatic N) is 4. The Labute approximate surface area is 207 Å². The lowest BCUT2D eigenvalue weighted by Crippen LogP contribution is -2.38. The van der Waals surface area contributed by atoms with Crippen LogP contribution in [0.2, 0.25) is 0 Å². The lowest BCUT2D eigenvalue weighted by atomic mass is 10.1. The van der Waals surface area contributed by atoms with Crippen LogP contribution in [0.4, 0.5) is 5.69 Å². The molecule has 0 N–H and O–H groups in total. The van der Waals surface area contributed by atoms with Gasteiger partial charge in [0.1, 0.15) is 11.6 Å². The molecule has 0 aliphatic carbocycles. The summed E-state index contributed by atoms with van der Waals surface area (Å²) in [6.45, 7) is 4.10. The number of ether oxygens (including phenoxy) is 1. The number of non-ortho nitro benzene ring substituents is 1. The van der Waals surface area contributed by atoms with Crippen molar-refractivity contribution >= 4 is 22.5 Å². The molecule has 1 unspecified atom stereocenters. The summed E-state index contributed by atoms with van der Waals surface area (Å²) in [6, 6.07) is 19.2. The summed E-state index contributed by atoms with van der Waals surface area (Å²) in [5.74, 6) is 0.591. The van der Waals surface area contributed by atoms with E-state index in [1.165, 1.54) is 35.9 Å². The van der Waals surface area contributed by atoms with E-state index < -0.39 is 11.0 Å². The van der Waals surface area contributed by atoms with Gasteiger partial charge in [-0.05, 0) is 49.7 Å². The zero-order chi connectivity index (χ0) is 25.8. The Hall–Kier alpha value is -4.53. The van der Waals surface area contributed by atoms with Crippen molar-refractivity contribution in [2.75, 3.05) is 13.7 Å². The predicted molar refractivity (Wildman–Crippen MR) is 137 cm³/mol. The van der Waals surface area contributed by atoms with Crippen molar-refractivity contribution < 1.29 is 14.5 Å². The minimum Gasteiger partial charge on any atom is -0.495 e. The van der Waals surface area contributed by atoms with Crippen molar-refractivity contribution in [3.8, 4) is 11.4 Å². The van der Waals surface area contributed by atoms with E-state index in [1.54, 1.807) is 35.2 Å². The van der Waals surface area contributed by atoms with Gasteiger partial charge in [-0.2, -0.15) is 0 Å². The number of amides is 1. The highest BCUT2D eigenvalue weighted by atomic mass is 16.6. The first-order valence-electron chi connectivity index (χ1n) is 11.6. The van der Waals surface area contributed by atoms with Crippen molar-refractivity contribution in [2.24, 2.45) is 0 Å². The Morgan fingerprint density at radius 1 is 1.06 bits per heavy atom. The second-order valence-electron chi connectivity index (χ2n) is 8.12. The van der Waals surface area contributed by atoms with E-state index in [0.29, 0.717) is 46.7 Å². The van der Waals surface area contributed by atoms with Gasteiger partial charge in [0.25, 0.3) is 17.2 Å². The van der Waals surface area contributed by atoms with Crippen LogP contribution in [-0.4, -0.2) is 38.9 Å². The maximum absolute atomic E-state index is 13.8. The number of methoxy groups -OCH3 is 1. The van der Waals surface area contributed by atoms with E-state index in [4.69, 9.17) is 9.72 Å². The number of rotatable bonds is 8. The normalized spacial score (nSPS) is 11.8. The Morgan fingerprint density at radius 3 is 2.36 bits per heavy atom. The average molecular weight is 487 g/mol. The summed E-state index contributed by atoms with van der Waals surface area (Å²) >= 11 is 0. The fraction of sp³-hybridized carbons (Fsp3) is 0.222. The van der Waals surface area contributed by atoms with E-state index in [9.17, 15) is 19.7 Å². The standard InChI is InChI=1S/C27H26N4O5/c1-4-22(29(5-2)26(32)18-14-16-19(17-15-18)31(34)35)25-28-21-11-7-6-10-20(21)27(33)30(25)23-12-8-9-13-24(23)36-3/h6-17,22H,4-5H2,1-3H3. The third-order valence-corrected chi connectivity index (χ3v) is 6.12. The molecule has 9 nitrogen and oxygen atoms in total. The van der Waals surface area contributed by atoms with Gasteiger partial charge in [0.05, 0.1) is 34.7 Å². The second-order valence-corrected chi connectivity index (χ2v) is 8.12. The molecule has 4 rings (SSSR count). The van der Waals surface area contributed by atoms with Crippen molar-refractivity contribution in [2.45, 2.75) is 26.3 Å². The predicted octanol–water partition coefficient (Wildman–Crippen LogP) is 4.92. The lowest BCUT2D eigenvalue weighted by Gasteiger charge is -2.31. The number of benzene rings is 3. The second kappa shape index (κ2) is 10.4. The highest BCUT2D eigenvalue weighted by Crippen LogP contribution is 2.30. The third-order valence-electron chi connectivity index (χ3n) is 6.12. The van der Waals surface area contributed by atoms with Gasteiger partial charge in [0.2, 0.25) is 0 Å². The van der Waals surface area contributed by atoms with Gasteiger partial charge in [0.15, 0.2) is 0 Å². The molecular formula is C27H26N4O5. The van der Waals surface area contributed by atoms with E-state index in [0.717, 1.165) is 0 Å². The molecule has 0 aliphatic rings. The van der Waals surface area contributed by atoms with Crippen molar-refractivity contribution in [3.63, 3.8) is 0 Å². The Balaban J connectivity index is 1.91. The van der Waals surface area contributed by atoms with Gasteiger partial charge in [-0.1, -0.05) is 31.2 Å². The molecule has 1 aromatic heterocycles. The summed E-state index contributed by atoms with van der Waals surface area (Å²) in [6.07, 6.45) is 0.479. The van der Waals surface area contributed by atoms with Crippen molar-refractivity contribution in [1.82, 2.24) is 14.5 Å². The van der Waals surface area contributed by atoms with E-state index in [-0.39, 0.29) is 17.2 Å². The van der Waals surface area contributed by atoms with E-state index >= 15 is 0 Å². The summed E-state index contributed by atoms with van der Waals surface area (Å²) in [7, 11) is 1.53. The average Bonchev–Trinajstić information content (AvgIpc) is 2.91. The molecule has 0 bridgehead atoms. The maximum atomic E-state index is 13.8. The Kier molecular flexibility index (Phi) is 7.10. The molecule has 1 heterocycles. The molecule has 0 saturated heterocycles. The van der Waals surface area contributed by atoms with Gasteiger partial charge >= 0.3 is 0 Å². The molecule has 0 spiro atoms. The highest BCUT2D eigenvalue weighted by Gasteiger charge is 2.29. The fourth-order valence-corrected chi connectivity index (χ4v) is 4.36. The number of carbonyl (C=O) groups is 1. The molecule has 1 atom stereocenters. The first-order chi connectivity index (χ1) is 17.4. The highest BCUT2D eigenvalue weighted by molar-refractivity contribution is 5.94. The van der Waals surface area contributed by atoms with Crippen LogP contribution in [-0.2, 0) is 0 Å². The zero-order valence-electron chi connectivity index (χ0n) is 20.2. The van der Waals surface area contributed by atoms with Gasteiger partial charge < -0.3 is 9.64 Å². The van der Waals surface area contributed by atoms with Crippen molar-refractivity contribution in [1.29, 1.82) is 0 Å². The van der Waals surface area contributed by atoms with Crippen LogP contribution >= 0.6 is 0 Å². The van der Waals surface area contributed by atoms with Crippen LogP contribution < -0.4 is 10.3 Å². The van der Waals surface area contributed by atoms with Crippen LogP contribution in [0.5, 0.6) is 5.75 Å². The van der Waals surface area contributed by atoms with Crippen LogP contribution in [0.3, 0.4) is 0 Å². The van der Waals surface area contributed by atoms with E-state index in [2.05, 4.69) is 0 Å². The molecule has 36 heavy (non-hydrogen) atoms. The number of nitro benzene ring substituents is 1. The molecule has 184 valence electrons. The summed E-state index contributed by atoms with van der Waals surface area (Å²) in [5, 5.41) is 11.5. The smallest absolute Gasteiger partial charge is 0.269 e. The lowest BCUT2D eigenvalue weighted by molar-refractivity contribution is -0.384. The molecular weight excluding hydrogens is 460 g/mol. The van der Waals surface area contributed by atoms with Crippen LogP contribution in [0.25, 0.3) is 16.6 Å². The van der Waals surface area contributed by atoms with E-state index in [1.807, 2.05) is 32.0 Å².